The van der Waals surface area contributed by atoms with Crippen LogP contribution in [0.15, 0.2) is 60.8 Å². The second kappa shape index (κ2) is 51.7. The molecule has 0 aromatic rings. The van der Waals surface area contributed by atoms with E-state index < -0.39 is 12.1 Å². The molecule has 0 rings (SSSR count). The van der Waals surface area contributed by atoms with Crippen LogP contribution < -0.4 is 0 Å². The Bertz CT molecular complexity index is 1150. The lowest BCUT2D eigenvalue weighted by Crippen LogP contribution is -2.30. The zero-order chi connectivity index (χ0) is 45.8. The van der Waals surface area contributed by atoms with Gasteiger partial charge in [0.1, 0.15) is 13.2 Å². The molecule has 0 saturated carbocycles. The Hall–Kier alpha value is -2.89. The van der Waals surface area contributed by atoms with Gasteiger partial charge in [-0.2, -0.15) is 0 Å². The number of hydrogen-bond donors (Lipinski definition) is 0. The smallest absolute Gasteiger partial charge is 0.306 e. The minimum Gasteiger partial charge on any atom is -0.462 e. The third-order valence-corrected chi connectivity index (χ3v) is 11.5. The van der Waals surface area contributed by atoms with Crippen molar-refractivity contribution in [3.63, 3.8) is 0 Å². The second-order valence-corrected chi connectivity index (χ2v) is 17.8. The number of carbonyl (C=O) groups is 3. The minimum absolute atomic E-state index is 0.115. The van der Waals surface area contributed by atoms with Crippen LogP contribution in [0.3, 0.4) is 0 Å². The molecule has 0 N–H and O–H groups in total. The molecule has 0 spiro atoms. The van der Waals surface area contributed by atoms with E-state index in [2.05, 4.69) is 69.4 Å². The van der Waals surface area contributed by atoms with E-state index in [1.165, 1.54) is 167 Å². The molecule has 0 saturated heterocycles. The van der Waals surface area contributed by atoms with Crippen LogP contribution in [0.25, 0.3) is 0 Å². The topological polar surface area (TPSA) is 78.9 Å². The fraction of sp³-hybridized carbons (Fsp3) is 0.772. The van der Waals surface area contributed by atoms with Gasteiger partial charge in [-0.1, -0.05) is 223 Å². The Morgan fingerprint density at radius 2 is 0.603 bits per heavy atom. The fourth-order valence-corrected chi connectivity index (χ4v) is 7.43. The van der Waals surface area contributed by atoms with Crippen molar-refractivity contribution < 1.29 is 28.6 Å². The van der Waals surface area contributed by atoms with E-state index in [0.29, 0.717) is 19.3 Å². The SMILES string of the molecule is CCCCCCCC/C=C\C/C=C\CCC(=O)OCC(COC(=O)CCCCCCCCC/C=C\CCCCCCCCCC)OC(=O)CC/C=C\C/C=C\CCCCCCCC. The van der Waals surface area contributed by atoms with E-state index in [9.17, 15) is 14.4 Å². The predicted octanol–water partition coefficient (Wildman–Crippen LogP) is 17.6. The molecule has 0 aliphatic carbocycles. The van der Waals surface area contributed by atoms with Gasteiger partial charge in [0, 0.05) is 19.3 Å². The molecule has 6 heteroatoms. The second-order valence-electron chi connectivity index (χ2n) is 17.8. The van der Waals surface area contributed by atoms with Crippen molar-refractivity contribution in [3.05, 3.63) is 60.8 Å². The molecule has 63 heavy (non-hydrogen) atoms. The summed E-state index contributed by atoms with van der Waals surface area (Å²) in [5.41, 5.74) is 0. The highest BCUT2D eigenvalue weighted by Gasteiger charge is 2.19. The molecule has 0 fully saturated rings. The zero-order valence-electron chi connectivity index (χ0n) is 41.6. The Kier molecular flexibility index (Phi) is 49.4. The van der Waals surface area contributed by atoms with Gasteiger partial charge in [-0.05, 0) is 83.5 Å². The number of carbonyl (C=O) groups excluding carboxylic acids is 3. The van der Waals surface area contributed by atoms with Gasteiger partial charge in [-0.15, -0.1) is 0 Å². The maximum Gasteiger partial charge on any atom is 0.306 e. The lowest BCUT2D eigenvalue weighted by Gasteiger charge is -2.18. The van der Waals surface area contributed by atoms with Crippen LogP contribution >= 0.6 is 0 Å². The summed E-state index contributed by atoms with van der Waals surface area (Å²) in [4.78, 5) is 37.9. The Labute approximate surface area is 390 Å². The average molecular weight is 881 g/mol. The van der Waals surface area contributed by atoms with Crippen LogP contribution in [0.5, 0.6) is 0 Å². The van der Waals surface area contributed by atoms with Gasteiger partial charge in [-0.3, -0.25) is 14.4 Å². The van der Waals surface area contributed by atoms with Crippen molar-refractivity contribution in [2.45, 2.75) is 271 Å². The third kappa shape index (κ3) is 50.0. The van der Waals surface area contributed by atoms with Crippen LogP contribution in [0.1, 0.15) is 265 Å². The number of esters is 3. The van der Waals surface area contributed by atoms with Crippen molar-refractivity contribution >= 4 is 17.9 Å². The molecule has 0 aromatic carbocycles. The Morgan fingerprint density at radius 3 is 0.984 bits per heavy atom. The average Bonchev–Trinajstić information content (AvgIpc) is 3.28. The van der Waals surface area contributed by atoms with Crippen molar-refractivity contribution in [2.24, 2.45) is 0 Å². The van der Waals surface area contributed by atoms with Crippen LogP contribution in [0.2, 0.25) is 0 Å². The molecule has 0 bridgehead atoms. The van der Waals surface area contributed by atoms with E-state index >= 15 is 0 Å². The molecule has 0 amide bonds. The van der Waals surface area contributed by atoms with Crippen molar-refractivity contribution in [1.82, 2.24) is 0 Å². The summed E-state index contributed by atoms with van der Waals surface area (Å²) < 4.78 is 16.7. The quantitative estimate of drug-likeness (QED) is 0.0262. The summed E-state index contributed by atoms with van der Waals surface area (Å²) in [6.45, 7) is 6.52. The van der Waals surface area contributed by atoms with Crippen LogP contribution in [-0.4, -0.2) is 37.2 Å². The summed E-state index contributed by atoms with van der Waals surface area (Å²) >= 11 is 0. The molecule has 1 atom stereocenters. The largest absolute Gasteiger partial charge is 0.462 e. The zero-order valence-corrected chi connectivity index (χ0v) is 41.6. The highest BCUT2D eigenvalue weighted by atomic mass is 16.6. The molecular weight excluding hydrogens is 781 g/mol. The van der Waals surface area contributed by atoms with Crippen LogP contribution in [-0.2, 0) is 28.6 Å². The maximum absolute atomic E-state index is 12.7. The van der Waals surface area contributed by atoms with Gasteiger partial charge in [0.2, 0.25) is 0 Å². The van der Waals surface area contributed by atoms with Crippen LogP contribution in [0, 0.1) is 0 Å². The first kappa shape index (κ1) is 60.1. The van der Waals surface area contributed by atoms with Crippen molar-refractivity contribution in [2.75, 3.05) is 13.2 Å². The molecule has 364 valence electrons. The van der Waals surface area contributed by atoms with Gasteiger partial charge < -0.3 is 14.2 Å². The first-order valence-corrected chi connectivity index (χ1v) is 26.8. The van der Waals surface area contributed by atoms with Crippen molar-refractivity contribution in [1.29, 1.82) is 0 Å². The number of allylic oxidation sites excluding steroid dienone is 10. The van der Waals surface area contributed by atoms with Crippen molar-refractivity contribution in [3.8, 4) is 0 Å². The minimum atomic E-state index is -0.827. The standard InChI is InChI=1S/C57H100O6/c1-4-7-10-13-16-19-22-25-26-27-28-29-30-33-35-38-41-44-47-50-56(59)62-53-54(63-57(60)51-48-45-42-39-36-32-24-21-18-15-12-9-6-3)52-61-55(58)49-46-43-40-37-34-31-23-20-17-14-11-8-5-2/h27-28,31-32,34,36,40,42-43,45,54H,4-26,29-30,33,35,37-39,41,44,46-53H2,1-3H3/b28-27-,34-31-,36-32-,43-40-,45-42-. The summed E-state index contributed by atoms with van der Waals surface area (Å²) in [5, 5.41) is 0. The van der Waals surface area contributed by atoms with Crippen LogP contribution in [0.4, 0.5) is 0 Å². The number of unbranched alkanes of at least 4 members (excludes halogenated alkanes) is 27. The Balaban J connectivity index is 4.44. The molecule has 0 heterocycles. The monoisotopic (exact) mass is 881 g/mol. The van der Waals surface area contributed by atoms with E-state index in [-0.39, 0.29) is 38.0 Å². The fourth-order valence-electron chi connectivity index (χ4n) is 7.43. The molecule has 0 aromatic heterocycles. The Morgan fingerprint density at radius 1 is 0.317 bits per heavy atom. The van der Waals surface area contributed by atoms with Gasteiger partial charge in [0.15, 0.2) is 6.10 Å². The highest BCUT2D eigenvalue weighted by Crippen LogP contribution is 2.14. The number of ether oxygens (including phenoxy) is 3. The molecule has 6 nitrogen and oxygen atoms in total. The maximum atomic E-state index is 12.7. The summed E-state index contributed by atoms with van der Waals surface area (Å²) in [6, 6.07) is 0. The predicted molar refractivity (Wildman–Crippen MR) is 270 cm³/mol. The lowest BCUT2D eigenvalue weighted by molar-refractivity contribution is -0.166. The van der Waals surface area contributed by atoms with E-state index in [1.54, 1.807) is 0 Å². The molecule has 0 aliphatic rings. The molecule has 0 aliphatic heterocycles. The number of rotatable bonds is 48. The summed E-state index contributed by atoms with van der Waals surface area (Å²) in [7, 11) is 0. The number of hydrogen-bond acceptors (Lipinski definition) is 6. The summed E-state index contributed by atoms with van der Waals surface area (Å²) in [5.74, 6) is -1.05. The van der Waals surface area contributed by atoms with E-state index in [4.69, 9.17) is 14.2 Å². The lowest BCUT2D eigenvalue weighted by atomic mass is 10.1. The first-order valence-electron chi connectivity index (χ1n) is 26.8. The van der Waals surface area contributed by atoms with Gasteiger partial charge >= 0.3 is 17.9 Å². The van der Waals surface area contributed by atoms with Gasteiger partial charge in [-0.25, -0.2) is 0 Å². The van der Waals surface area contributed by atoms with Gasteiger partial charge in [0.05, 0.1) is 0 Å². The molecular formula is C57H100O6. The van der Waals surface area contributed by atoms with E-state index in [1.807, 2.05) is 12.2 Å². The first-order chi connectivity index (χ1) is 31.0. The normalized spacial score (nSPS) is 12.5. The molecule has 1 unspecified atom stereocenters. The van der Waals surface area contributed by atoms with E-state index in [0.717, 1.165) is 44.9 Å². The summed E-state index contributed by atoms with van der Waals surface area (Å²) in [6.07, 6.45) is 63.8. The molecule has 0 radical (unpaired) electrons. The van der Waals surface area contributed by atoms with Gasteiger partial charge in [0.25, 0.3) is 0 Å². The highest BCUT2D eigenvalue weighted by molar-refractivity contribution is 5.71. The third-order valence-electron chi connectivity index (χ3n) is 11.5.